The van der Waals surface area contributed by atoms with Gasteiger partial charge in [0, 0.05) is 12.6 Å². The lowest BCUT2D eigenvalue weighted by molar-refractivity contribution is -0.171. The van der Waals surface area contributed by atoms with Gasteiger partial charge in [-0.2, -0.15) is 0 Å². The molecule has 132 valence electrons. The highest BCUT2D eigenvalue weighted by molar-refractivity contribution is 5.76. The maximum absolute atomic E-state index is 12.2. The Morgan fingerprint density at radius 1 is 1.30 bits per heavy atom. The molecule has 0 radical (unpaired) electrons. The number of carbonyl (C=O) groups excluding carboxylic acids is 1. The van der Waals surface area contributed by atoms with E-state index < -0.39 is 29.2 Å². The zero-order valence-corrected chi connectivity index (χ0v) is 14.2. The molecule has 2 aliphatic rings. The number of aliphatic carboxylic acids is 1. The Balaban J connectivity index is 2.09. The number of ether oxygens (including phenoxy) is 2. The van der Waals surface area contributed by atoms with E-state index in [1.165, 1.54) is 0 Å². The van der Waals surface area contributed by atoms with Gasteiger partial charge in [-0.3, -0.25) is 4.79 Å². The normalized spacial score (nSPS) is 32.4. The van der Waals surface area contributed by atoms with Gasteiger partial charge in [-0.1, -0.05) is 0 Å². The molecule has 1 heterocycles. The summed E-state index contributed by atoms with van der Waals surface area (Å²) in [6.07, 6.45) is 1.36. The first-order valence-electron chi connectivity index (χ1n) is 8.22. The summed E-state index contributed by atoms with van der Waals surface area (Å²) in [7, 11) is 0. The lowest BCUT2D eigenvalue weighted by Crippen LogP contribution is -2.57. The molecule has 0 aromatic carbocycles. The maximum atomic E-state index is 12.2. The number of carbonyl (C=O) groups is 2. The Morgan fingerprint density at radius 3 is 2.43 bits per heavy atom. The number of amides is 1. The largest absolute Gasteiger partial charge is 0.481 e. The molecule has 1 unspecified atom stereocenters. The topological polar surface area (TPSA) is 102 Å². The Hall–Kier alpha value is -1.34. The quantitative estimate of drug-likeness (QED) is 0.798. The SMILES string of the molecule is CC(C)(C)OC(=O)N1CCOC(C2(C(=O)O)CCC(N)CC2)C1. The van der Waals surface area contributed by atoms with Gasteiger partial charge in [-0.15, -0.1) is 0 Å². The molecule has 7 nitrogen and oxygen atoms in total. The van der Waals surface area contributed by atoms with E-state index in [9.17, 15) is 14.7 Å². The van der Waals surface area contributed by atoms with Crippen molar-refractivity contribution >= 4 is 12.1 Å². The van der Waals surface area contributed by atoms with Crippen LogP contribution in [0.25, 0.3) is 0 Å². The molecule has 2 rings (SSSR count). The average Bonchev–Trinajstić information content (AvgIpc) is 2.46. The summed E-state index contributed by atoms with van der Waals surface area (Å²) in [5.41, 5.74) is 4.37. The molecule has 1 aliphatic heterocycles. The fourth-order valence-electron chi connectivity index (χ4n) is 3.30. The van der Waals surface area contributed by atoms with Gasteiger partial charge in [0.15, 0.2) is 0 Å². The standard InChI is InChI=1S/C16H28N2O5/c1-15(2,3)23-14(21)18-8-9-22-12(10-18)16(13(19)20)6-4-11(17)5-7-16/h11-12H,4-10,17H2,1-3H3,(H,19,20). The molecule has 7 heteroatoms. The van der Waals surface area contributed by atoms with Gasteiger partial charge in [-0.05, 0) is 46.5 Å². The van der Waals surface area contributed by atoms with Crippen molar-refractivity contribution in [3.8, 4) is 0 Å². The first kappa shape index (κ1) is 18.0. The molecule has 2 fully saturated rings. The maximum Gasteiger partial charge on any atom is 0.410 e. The second kappa shape index (κ2) is 6.65. The third kappa shape index (κ3) is 4.14. The van der Waals surface area contributed by atoms with Crippen molar-refractivity contribution < 1.29 is 24.2 Å². The van der Waals surface area contributed by atoms with Gasteiger partial charge in [-0.25, -0.2) is 4.79 Å². The van der Waals surface area contributed by atoms with E-state index >= 15 is 0 Å². The van der Waals surface area contributed by atoms with E-state index in [4.69, 9.17) is 15.2 Å². The van der Waals surface area contributed by atoms with Crippen molar-refractivity contribution in [1.29, 1.82) is 0 Å². The van der Waals surface area contributed by atoms with Gasteiger partial charge in [0.2, 0.25) is 0 Å². The fourth-order valence-corrected chi connectivity index (χ4v) is 3.30. The lowest BCUT2D eigenvalue weighted by Gasteiger charge is -2.45. The third-order valence-corrected chi connectivity index (χ3v) is 4.68. The van der Waals surface area contributed by atoms with E-state index in [-0.39, 0.29) is 12.6 Å². The van der Waals surface area contributed by atoms with Gasteiger partial charge >= 0.3 is 12.1 Å². The highest BCUT2D eigenvalue weighted by atomic mass is 16.6. The van der Waals surface area contributed by atoms with Crippen LogP contribution in [0, 0.1) is 5.41 Å². The van der Waals surface area contributed by atoms with Crippen LogP contribution in [0.1, 0.15) is 46.5 Å². The Bertz CT molecular complexity index is 452. The zero-order chi connectivity index (χ0) is 17.3. The lowest BCUT2D eigenvalue weighted by atomic mass is 9.68. The third-order valence-electron chi connectivity index (χ3n) is 4.68. The average molecular weight is 328 g/mol. The molecule has 0 spiro atoms. The van der Waals surface area contributed by atoms with Crippen LogP contribution in [-0.4, -0.2) is 59.5 Å². The molecular weight excluding hydrogens is 300 g/mol. The van der Waals surface area contributed by atoms with Crippen molar-refractivity contribution in [2.75, 3.05) is 19.7 Å². The first-order chi connectivity index (χ1) is 10.6. The van der Waals surface area contributed by atoms with Crippen LogP contribution in [0.15, 0.2) is 0 Å². The summed E-state index contributed by atoms with van der Waals surface area (Å²) < 4.78 is 11.1. The van der Waals surface area contributed by atoms with E-state index in [1.807, 2.05) is 20.8 Å². The number of hydrogen-bond acceptors (Lipinski definition) is 5. The van der Waals surface area contributed by atoms with Gasteiger partial charge < -0.3 is 25.2 Å². The summed E-state index contributed by atoms with van der Waals surface area (Å²) in [5, 5.41) is 9.78. The monoisotopic (exact) mass is 328 g/mol. The zero-order valence-electron chi connectivity index (χ0n) is 14.2. The Labute approximate surface area is 137 Å². The van der Waals surface area contributed by atoms with Crippen LogP contribution >= 0.6 is 0 Å². The molecule has 23 heavy (non-hydrogen) atoms. The highest BCUT2D eigenvalue weighted by Crippen LogP contribution is 2.41. The van der Waals surface area contributed by atoms with Crippen molar-refractivity contribution in [3.63, 3.8) is 0 Å². The van der Waals surface area contributed by atoms with Gasteiger partial charge in [0.05, 0.1) is 24.7 Å². The van der Waals surface area contributed by atoms with Crippen LogP contribution in [0.3, 0.4) is 0 Å². The molecule has 1 saturated heterocycles. The molecule has 1 amide bonds. The van der Waals surface area contributed by atoms with Crippen molar-refractivity contribution in [1.82, 2.24) is 4.90 Å². The van der Waals surface area contributed by atoms with E-state index in [0.717, 1.165) is 0 Å². The van der Waals surface area contributed by atoms with Crippen molar-refractivity contribution in [2.45, 2.75) is 64.2 Å². The summed E-state index contributed by atoms with van der Waals surface area (Å²) >= 11 is 0. The smallest absolute Gasteiger partial charge is 0.410 e. The Kier molecular flexibility index (Phi) is 5.20. The number of rotatable bonds is 2. The summed E-state index contributed by atoms with van der Waals surface area (Å²) in [6.45, 7) is 6.42. The Morgan fingerprint density at radius 2 is 1.91 bits per heavy atom. The van der Waals surface area contributed by atoms with Crippen LogP contribution in [0.5, 0.6) is 0 Å². The fraction of sp³-hybridized carbons (Fsp3) is 0.875. The van der Waals surface area contributed by atoms with Crippen LogP contribution in [0.4, 0.5) is 4.79 Å². The molecular formula is C16H28N2O5. The predicted octanol–water partition coefficient (Wildman–Crippen LogP) is 1.59. The number of morpholine rings is 1. The summed E-state index contributed by atoms with van der Waals surface area (Å²) in [4.78, 5) is 25.7. The molecule has 0 aromatic rings. The minimum atomic E-state index is -0.962. The predicted molar refractivity (Wildman–Crippen MR) is 84.1 cm³/mol. The summed E-state index contributed by atoms with van der Waals surface area (Å²) in [5.74, 6) is -0.861. The van der Waals surface area contributed by atoms with Crippen molar-refractivity contribution in [2.24, 2.45) is 11.1 Å². The van der Waals surface area contributed by atoms with E-state index in [1.54, 1.807) is 4.90 Å². The molecule has 1 atom stereocenters. The van der Waals surface area contributed by atoms with Crippen LogP contribution < -0.4 is 5.73 Å². The second-order valence-electron chi connectivity index (χ2n) is 7.58. The van der Waals surface area contributed by atoms with E-state index in [2.05, 4.69) is 0 Å². The molecule has 1 saturated carbocycles. The number of hydrogen-bond donors (Lipinski definition) is 2. The second-order valence-corrected chi connectivity index (χ2v) is 7.58. The van der Waals surface area contributed by atoms with Gasteiger partial charge in [0.25, 0.3) is 0 Å². The minimum absolute atomic E-state index is 0.0491. The minimum Gasteiger partial charge on any atom is -0.481 e. The van der Waals surface area contributed by atoms with Crippen LogP contribution in [0.2, 0.25) is 0 Å². The number of carboxylic acids is 1. The molecule has 3 N–H and O–H groups in total. The van der Waals surface area contributed by atoms with Crippen LogP contribution in [-0.2, 0) is 14.3 Å². The first-order valence-corrected chi connectivity index (χ1v) is 8.22. The van der Waals surface area contributed by atoms with E-state index in [0.29, 0.717) is 38.8 Å². The molecule has 0 bridgehead atoms. The highest BCUT2D eigenvalue weighted by Gasteiger charge is 2.50. The molecule has 0 aromatic heterocycles. The molecule has 1 aliphatic carbocycles. The number of nitrogens with two attached hydrogens (primary N) is 1. The van der Waals surface area contributed by atoms with Gasteiger partial charge in [0.1, 0.15) is 5.60 Å². The number of carboxylic acid groups (broad SMARTS) is 1. The number of nitrogens with zero attached hydrogens (tertiary/aromatic N) is 1. The summed E-state index contributed by atoms with van der Waals surface area (Å²) in [6, 6.07) is 0.0491. The van der Waals surface area contributed by atoms with Crippen molar-refractivity contribution in [3.05, 3.63) is 0 Å².